The summed E-state index contributed by atoms with van der Waals surface area (Å²) < 4.78 is 0. The van der Waals surface area contributed by atoms with Gasteiger partial charge in [-0.3, -0.25) is 0 Å². The van der Waals surface area contributed by atoms with E-state index in [4.69, 9.17) is 11.6 Å². The predicted molar refractivity (Wildman–Crippen MR) is 65.2 cm³/mol. The molecule has 1 N–H and O–H groups in total. The third kappa shape index (κ3) is 2.96. The van der Waals surface area contributed by atoms with Crippen LogP contribution < -0.4 is 5.32 Å². The normalized spacial score (nSPS) is 24.2. The van der Waals surface area contributed by atoms with E-state index in [0.717, 1.165) is 29.9 Å². The molecule has 0 spiro atoms. The molecule has 2 atom stereocenters. The molecule has 1 aliphatic rings. The Labute approximate surface area is 96.8 Å². The van der Waals surface area contributed by atoms with Crippen molar-refractivity contribution in [3.05, 3.63) is 34.3 Å². The van der Waals surface area contributed by atoms with Crippen molar-refractivity contribution in [3.8, 4) is 0 Å². The molecule has 0 saturated heterocycles. The van der Waals surface area contributed by atoms with Crippen molar-refractivity contribution in [2.24, 2.45) is 11.8 Å². The zero-order chi connectivity index (χ0) is 10.8. The van der Waals surface area contributed by atoms with Crippen LogP contribution in [0.15, 0.2) is 18.2 Å². The van der Waals surface area contributed by atoms with Gasteiger partial charge in [-0.05, 0) is 48.9 Å². The molecule has 0 heterocycles. The fourth-order valence-corrected chi connectivity index (χ4v) is 2.17. The third-order valence-electron chi connectivity index (χ3n) is 3.21. The molecule has 1 fully saturated rings. The quantitative estimate of drug-likeness (QED) is 0.825. The van der Waals surface area contributed by atoms with Crippen LogP contribution in [0.1, 0.15) is 24.5 Å². The SMILES string of the molecule is Cc1ccc(CNCC2CC2C)c(Cl)c1. The summed E-state index contributed by atoms with van der Waals surface area (Å²) in [5.41, 5.74) is 2.43. The van der Waals surface area contributed by atoms with Gasteiger partial charge in [0, 0.05) is 11.6 Å². The largest absolute Gasteiger partial charge is 0.312 e. The van der Waals surface area contributed by atoms with Crippen LogP contribution in [0, 0.1) is 18.8 Å². The molecule has 2 heteroatoms. The van der Waals surface area contributed by atoms with Crippen LogP contribution in [0.4, 0.5) is 0 Å². The summed E-state index contributed by atoms with van der Waals surface area (Å²) in [4.78, 5) is 0. The van der Waals surface area contributed by atoms with Crippen molar-refractivity contribution in [1.29, 1.82) is 0 Å². The van der Waals surface area contributed by atoms with Gasteiger partial charge in [-0.2, -0.15) is 0 Å². The van der Waals surface area contributed by atoms with Gasteiger partial charge in [0.15, 0.2) is 0 Å². The van der Waals surface area contributed by atoms with Gasteiger partial charge in [0.05, 0.1) is 0 Å². The molecule has 82 valence electrons. The van der Waals surface area contributed by atoms with Gasteiger partial charge in [-0.25, -0.2) is 0 Å². The maximum absolute atomic E-state index is 6.15. The van der Waals surface area contributed by atoms with Crippen molar-refractivity contribution in [2.75, 3.05) is 6.54 Å². The molecule has 15 heavy (non-hydrogen) atoms. The zero-order valence-corrected chi connectivity index (χ0v) is 10.1. The average molecular weight is 224 g/mol. The van der Waals surface area contributed by atoms with Gasteiger partial charge in [-0.1, -0.05) is 30.7 Å². The molecule has 0 aromatic heterocycles. The first-order valence-corrected chi connectivity index (χ1v) is 6.00. The van der Waals surface area contributed by atoms with E-state index in [1.54, 1.807) is 0 Å². The maximum atomic E-state index is 6.15. The summed E-state index contributed by atoms with van der Waals surface area (Å²) in [6, 6.07) is 6.25. The van der Waals surface area contributed by atoms with E-state index in [9.17, 15) is 0 Å². The van der Waals surface area contributed by atoms with E-state index in [2.05, 4.69) is 31.3 Å². The standard InChI is InChI=1S/C13H18ClN/c1-9-3-4-11(13(14)5-9)7-15-8-12-6-10(12)2/h3-5,10,12,15H,6-8H2,1-2H3. The number of hydrogen-bond donors (Lipinski definition) is 1. The first-order valence-electron chi connectivity index (χ1n) is 5.62. The molecule has 1 aromatic rings. The van der Waals surface area contributed by atoms with E-state index in [1.807, 2.05) is 6.07 Å². The molecule has 0 bridgehead atoms. The average Bonchev–Trinajstić information content (AvgIpc) is 2.86. The lowest BCUT2D eigenvalue weighted by Gasteiger charge is -2.06. The third-order valence-corrected chi connectivity index (χ3v) is 3.56. The Balaban J connectivity index is 1.82. The van der Waals surface area contributed by atoms with Gasteiger partial charge in [0.2, 0.25) is 0 Å². The predicted octanol–water partition coefficient (Wildman–Crippen LogP) is 3.39. The number of aryl methyl sites for hydroxylation is 1. The van der Waals surface area contributed by atoms with Crippen molar-refractivity contribution < 1.29 is 0 Å². The second kappa shape index (κ2) is 4.54. The van der Waals surface area contributed by atoms with Crippen LogP contribution in [0.25, 0.3) is 0 Å². The number of benzene rings is 1. The summed E-state index contributed by atoms with van der Waals surface area (Å²) in [6.07, 6.45) is 1.38. The van der Waals surface area contributed by atoms with Crippen molar-refractivity contribution in [3.63, 3.8) is 0 Å². The summed E-state index contributed by atoms with van der Waals surface area (Å²) in [5, 5.41) is 4.35. The van der Waals surface area contributed by atoms with Gasteiger partial charge in [-0.15, -0.1) is 0 Å². The van der Waals surface area contributed by atoms with E-state index < -0.39 is 0 Å². The number of halogens is 1. The fourth-order valence-electron chi connectivity index (χ4n) is 1.87. The molecule has 0 amide bonds. The van der Waals surface area contributed by atoms with Gasteiger partial charge >= 0.3 is 0 Å². The van der Waals surface area contributed by atoms with E-state index in [-0.39, 0.29) is 0 Å². The number of hydrogen-bond acceptors (Lipinski definition) is 1. The molecule has 1 saturated carbocycles. The molecule has 1 aromatic carbocycles. The van der Waals surface area contributed by atoms with Crippen molar-refractivity contribution >= 4 is 11.6 Å². The minimum Gasteiger partial charge on any atom is -0.312 e. The maximum Gasteiger partial charge on any atom is 0.0453 e. The second-order valence-electron chi connectivity index (χ2n) is 4.70. The molecular formula is C13H18ClN. The van der Waals surface area contributed by atoms with E-state index in [1.165, 1.54) is 17.5 Å². The highest BCUT2D eigenvalue weighted by molar-refractivity contribution is 6.31. The Kier molecular flexibility index (Phi) is 3.32. The van der Waals surface area contributed by atoms with E-state index in [0.29, 0.717) is 0 Å². The van der Waals surface area contributed by atoms with Crippen LogP contribution in [0.2, 0.25) is 5.02 Å². The second-order valence-corrected chi connectivity index (χ2v) is 5.11. The van der Waals surface area contributed by atoms with Crippen LogP contribution in [0.3, 0.4) is 0 Å². The topological polar surface area (TPSA) is 12.0 Å². The Morgan fingerprint density at radius 1 is 1.47 bits per heavy atom. The van der Waals surface area contributed by atoms with Crippen LogP contribution in [0.5, 0.6) is 0 Å². The molecule has 0 aliphatic heterocycles. The van der Waals surface area contributed by atoms with Crippen LogP contribution in [-0.4, -0.2) is 6.54 Å². The molecule has 1 aliphatic carbocycles. The summed E-state index contributed by atoms with van der Waals surface area (Å²) in [5.74, 6) is 1.82. The van der Waals surface area contributed by atoms with Crippen LogP contribution >= 0.6 is 11.6 Å². The highest BCUT2D eigenvalue weighted by atomic mass is 35.5. The zero-order valence-electron chi connectivity index (χ0n) is 9.39. The van der Waals surface area contributed by atoms with Gasteiger partial charge in [0.25, 0.3) is 0 Å². The van der Waals surface area contributed by atoms with E-state index >= 15 is 0 Å². The Morgan fingerprint density at radius 2 is 2.20 bits per heavy atom. The summed E-state index contributed by atoms with van der Waals surface area (Å²) in [6.45, 7) is 6.40. The first-order chi connectivity index (χ1) is 7.16. The highest BCUT2D eigenvalue weighted by Gasteiger charge is 2.31. The lowest BCUT2D eigenvalue weighted by Crippen LogP contribution is -2.17. The van der Waals surface area contributed by atoms with Crippen LogP contribution in [-0.2, 0) is 6.54 Å². The first kappa shape index (κ1) is 11.0. The van der Waals surface area contributed by atoms with Crippen molar-refractivity contribution in [2.45, 2.75) is 26.8 Å². The summed E-state index contributed by atoms with van der Waals surface area (Å²) >= 11 is 6.15. The highest BCUT2D eigenvalue weighted by Crippen LogP contribution is 2.36. The molecular weight excluding hydrogens is 206 g/mol. The monoisotopic (exact) mass is 223 g/mol. The van der Waals surface area contributed by atoms with Crippen molar-refractivity contribution in [1.82, 2.24) is 5.32 Å². The molecule has 1 nitrogen and oxygen atoms in total. The molecule has 2 rings (SSSR count). The lowest BCUT2D eigenvalue weighted by molar-refractivity contribution is 0.612. The Hall–Kier alpha value is -0.530. The Bertz CT molecular complexity index is 348. The number of rotatable bonds is 4. The molecule has 0 radical (unpaired) electrons. The molecule has 2 unspecified atom stereocenters. The fraction of sp³-hybridized carbons (Fsp3) is 0.538. The minimum atomic E-state index is 0.881. The number of nitrogens with one attached hydrogen (secondary N) is 1. The smallest absolute Gasteiger partial charge is 0.0453 e. The Morgan fingerprint density at radius 3 is 2.80 bits per heavy atom. The summed E-state index contributed by atoms with van der Waals surface area (Å²) in [7, 11) is 0. The van der Waals surface area contributed by atoms with Gasteiger partial charge < -0.3 is 5.32 Å². The van der Waals surface area contributed by atoms with Gasteiger partial charge in [0.1, 0.15) is 0 Å². The minimum absolute atomic E-state index is 0.881. The lowest BCUT2D eigenvalue weighted by atomic mass is 10.1.